The zero-order chi connectivity index (χ0) is 18.7. The Morgan fingerprint density at radius 1 is 1.31 bits per heavy atom. The molecule has 2 aliphatic heterocycles. The number of rotatable bonds is 7. The van der Waals surface area contributed by atoms with E-state index in [1.54, 1.807) is 4.90 Å². The first kappa shape index (κ1) is 18.8. The Bertz CT molecular complexity index is 658. The van der Waals surface area contributed by atoms with Crippen molar-refractivity contribution in [3.05, 3.63) is 17.5 Å². The lowest BCUT2D eigenvalue weighted by atomic mass is 10.00. The molecular formula is C18H30N6O2. The molecule has 144 valence electrons. The third kappa shape index (κ3) is 3.91. The predicted molar refractivity (Wildman–Crippen MR) is 98.3 cm³/mol. The molecule has 2 atom stereocenters. The van der Waals surface area contributed by atoms with Crippen LogP contribution in [0.2, 0.25) is 0 Å². The summed E-state index contributed by atoms with van der Waals surface area (Å²) in [6.07, 6.45) is 4.48. The number of nitrogens with zero attached hydrogens (tertiary/aromatic N) is 4. The summed E-state index contributed by atoms with van der Waals surface area (Å²) in [4.78, 5) is 29.3. The van der Waals surface area contributed by atoms with Gasteiger partial charge in [0.2, 0.25) is 11.8 Å². The van der Waals surface area contributed by atoms with Crippen LogP contribution in [0.15, 0.2) is 6.20 Å². The third-order valence-corrected chi connectivity index (χ3v) is 5.38. The number of nitrogens with one attached hydrogen (secondary N) is 1. The molecule has 0 radical (unpaired) electrons. The van der Waals surface area contributed by atoms with E-state index in [1.165, 1.54) is 5.56 Å². The SMILES string of the molecule is CCn1cc(CN2CCN3C(=O)[C@H](CCCCN)NC(=O)[C@H]3C2)c(C)n1. The standard InChI is InChI=1S/C18H30N6O2/c1-3-23-11-14(13(2)21-23)10-22-8-9-24-16(12-22)17(25)20-15(18(24)26)6-4-5-7-19/h11,15-16H,3-10,12,19H2,1-2H3,(H,20,25)/t15-,16+/m0/s1. The van der Waals surface area contributed by atoms with Crippen molar-refractivity contribution in [2.24, 2.45) is 5.73 Å². The number of aryl methyl sites for hydroxylation is 2. The summed E-state index contributed by atoms with van der Waals surface area (Å²) in [5.41, 5.74) is 7.73. The van der Waals surface area contributed by atoms with E-state index in [9.17, 15) is 9.59 Å². The van der Waals surface area contributed by atoms with Crippen LogP contribution in [0, 0.1) is 6.92 Å². The second-order valence-corrected chi connectivity index (χ2v) is 7.22. The van der Waals surface area contributed by atoms with E-state index < -0.39 is 0 Å². The summed E-state index contributed by atoms with van der Waals surface area (Å²) in [6, 6.07) is -0.773. The third-order valence-electron chi connectivity index (χ3n) is 5.38. The fourth-order valence-corrected chi connectivity index (χ4v) is 3.81. The molecule has 0 saturated carbocycles. The lowest BCUT2D eigenvalue weighted by Crippen LogP contribution is -2.69. The molecule has 2 amide bonds. The maximum atomic E-state index is 12.7. The number of piperazine rings is 2. The van der Waals surface area contributed by atoms with Crippen LogP contribution in [0.5, 0.6) is 0 Å². The molecule has 0 unspecified atom stereocenters. The first-order valence-electron chi connectivity index (χ1n) is 9.59. The van der Waals surface area contributed by atoms with E-state index in [0.29, 0.717) is 26.1 Å². The molecule has 0 aromatic carbocycles. The number of carbonyl (C=O) groups is 2. The highest BCUT2D eigenvalue weighted by Crippen LogP contribution is 2.20. The molecule has 8 nitrogen and oxygen atoms in total. The Morgan fingerprint density at radius 2 is 2.12 bits per heavy atom. The number of nitrogens with two attached hydrogens (primary N) is 1. The minimum Gasteiger partial charge on any atom is -0.342 e. The Labute approximate surface area is 154 Å². The largest absolute Gasteiger partial charge is 0.342 e. The topological polar surface area (TPSA) is 96.5 Å². The number of hydrogen-bond acceptors (Lipinski definition) is 5. The van der Waals surface area contributed by atoms with E-state index in [-0.39, 0.29) is 23.9 Å². The Kier molecular flexibility index (Phi) is 5.93. The lowest BCUT2D eigenvalue weighted by Gasteiger charge is -2.45. The average molecular weight is 362 g/mol. The van der Waals surface area contributed by atoms with Crippen molar-refractivity contribution in [1.29, 1.82) is 0 Å². The van der Waals surface area contributed by atoms with Crippen molar-refractivity contribution in [1.82, 2.24) is 24.9 Å². The van der Waals surface area contributed by atoms with Crippen LogP contribution in [0.25, 0.3) is 0 Å². The highest BCUT2D eigenvalue weighted by atomic mass is 16.2. The Morgan fingerprint density at radius 3 is 2.81 bits per heavy atom. The second-order valence-electron chi connectivity index (χ2n) is 7.22. The Balaban J connectivity index is 1.61. The molecule has 1 aromatic rings. The van der Waals surface area contributed by atoms with Gasteiger partial charge in [-0.2, -0.15) is 5.10 Å². The van der Waals surface area contributed by atoms with Crippen molar-refractivity contribution >= 4 is 11.8 Å². The van der Waals surface area contributed by atoms with Crippen molar-refractivity contribution in [2.75, 3.05) is 26.2 Å². The van der Waals surface area contributed by atoms with Crippen molar-refractivity contribution in [3.63, 3.8) is 0 Å². The van der Waals surface area contributed by atoms with Gasteiger partial charge in [-0.25, -0.2) is 0 Å². The van der Waals surface area contributed by atoms with Gasteiger partial charge in [0.05, 0.1) is 5.69 Å². The number of carbonyl (C=O) groups excluding carboxylic acids is 2. The average Bonchev–Trinajstić information content (AvgIpc) is 2.99. The van der Waals surface area contributed by atoms with E-state index >= 15 is 0 Å². The monoisotopic (exact) mass is 362 g/mol. The molecule has 3 rings (SSSR count). The Hall–Kier alpha value is -1.93. The molecule has 1 aromatic heterocycles. The highest BCUT2D eigenvalue weighted by molar-refractivity contribution is 5.97. The van der Waals surface area contributed by atoms with Crippen molar-refractivity contribution < 1.29 is 9.59 Å². The molecule has 0 aliphatic carbocycles. The molecule has 3 heterocycles. The molecular weight excluding hydrogens is 332 g/mol. The molecule has 2 saturated heterocycles. The van der Waals surface area contributed by atoms with Crippen LogP contribution in [-0.4, -0.2) is 69.7 Å². The molecule has 8 heteroatoms. The number of fused-ring (bicyclic) bond motifs is 1. The van der Waals surface area contributed by atoms with Crippen LogP contribution in [0.4, 0.5) is 0 Å². The second kappa shape index (κ2) is 8.18. The smallest absolute Gasteiger partial charge is 0.245 e. The van der Waals surface area contributed by atoms with Gasteiger partial charge in [0.1, 0.15) is 12.1 Å². The van der Waals surface area contributed by atoms with E-state index in [0.717, 1.165) is 38.2 Å². The van der Waals surface area contributed by atoms with Gasteiger partial charge in [-0.15, -0.1) is 0 Å². The summed E-state index contributed by atoms with van der Waals surface area (Å²) in [5, 5.41) is 7.41. The summed E-state index contributed by atoms with van der Waals surface area (Å²) < 4.78 is 1.93. The first-order valence-corrected chi connectivity index (χ1v) is 9.59. The fourth-order valence-electron chi connectivity index (χ4n) is 3.81. The van der Waals surface area contributed by atoms with Crippen molar-refractivity contribution in [3.8, 4) is 0 Å². The minimum absolute atomic E-state index is 0.0342. The molecule has 0 bridgehead atoms. The van der Waals surface area contributed by atoms with Gasteiger partial charge >= 0.3 is 0 Å². The number of amides is 2. The van der Waals surface area contributed by atoms with Crippen LogP contribution >= 0.6 is 0 Å². The predicted octanol–water partition coefficient (Wildman–Crippen LogP) is -0.148. The lowest BCUT2D eigenvalue weighted by molar-refractivity contribution is -0.153. The van der Waals surface area contributed by atoms with Gasteiger partial charge in [-0.3, -0.25) is 19.2 Å². The van der Waals surface area contributed by atoms with Gasteiger partial charge in [0.15, 0.2) is 0 Å². The van der Waals surface area contributed by atoms with Gasteiger partial charge in [0.25, 0.3) is 0 Å². The summed E-state index contributed by atoms with van der Waals surface area (Å²) in [6.45, 7) is 8.26. The summed E-state index contributed by atoms with van der Waals surface area (Å²) >= 11 is 0. The molecule has 2 fully saturated rings. The van der Waals surface area contributed by atoms with Crippen LogP contribution < -0.4 is 11.1 Å². The summed E-state index contributed by atoms with van der Waals surface area (Å²) in [5.74, 6) is 0.0225. The zero-order valence-electron chi connectivity index (χ0n) is 15.8. The van der Waals surface area contributed by atoms with Gasteiger partial charge < -0.3 is 16.0 Å². The molecule has 3 N–H and O–H groups in total. The van der Waals surface area contributed by atoms with Crippen LogP contribution in [0.3, 0.4) is 0 Å². The fraction of sp³-hybridized carbons (Fsp3) is 0.722. The number of aromatic nitrogens is 2. The zero-order valence-corrected chi connectivity index (χ0v) is 15.8. The van der Waals surface area contributed by atoms with E-state index in [1.807, 2.05) is 11.6 Å². The van der Waals surface area contributed by atoms with Gasteiger partial charge in [0, 0.05) is 44.5 Å². The van der Waals surface area contributed by atoms with Crippen molar-refractivity contribution in [2.45, 2.75) is 58.3 Å². The maximum absolute atomic E-state index is 12.7. The van der Waals surface area contributed by atoms with E-state index in [4.69, 9.17) is 5.73 Å². The van der Waals surface area contributed by atoms with Crippen LogP contribution in [0.1, 0.15) is 37.4 Å². The van der Waals surface area contributed by atoms with E-state index in [2.05, 4.69) is 28.4 Å². The normalized spacial score (nSPS) is 23.9. The summed E-state index contributed by atoms with van der Waals surface area (Å²) in [7, 11) is 0. The molecule has 2 aliphatic rings. The van der Waals surface area contributed by atoms with Gasteiger partial charge in [-0.05, 0) is 39.7 Å². The minimum atomic E-state index is -0.387. The quantitative estimate of drug-likeness (QED) is 0.658. The van der Waals surface area contributed by atoms with Crippen LogP contribution in [-0.2, 0) is 22.7 Å². The highest BCUT2D eigenvalue weighted by Gasteiger charge is 2.43. The van der Waals surface area contributed by atoms with Gasteiger partial charge in [-0.1, -0.05) is 0 Å². The number of unbranched alkanes of at least 4 members (excludes halogenated alkanes) is 1. The molecule has 26 heavy (non-hydrogen) atoms. The first-order chi connectivity index (χ1) is 12.5. The molecule has 0 spiro atoms. The maximum Gasteiger partial charge on any atom is 0.245 e. The number of hydrogen-bond donors (Lipinski definition) is 2.